The number of benzene rings is 1. The van der Waals surface area contributed by atoms with Gasteiger partial charge >= 0.3 is 5.97 Å². The maximum atomic E-state index is 12.3. The summed E-state index contributed by atoms with van der Waals surface area (Å²) in [6.07, 6.45) is 2.06. The topological polar surface area (TPSA) is 88.3 Å². The second-order valence-electron chi connectivity index (χ2n) is 6.08. The number of carbonyl (C=O) groups is 3. The molecule has 2 N–H and O–H groups in total. The Morgan fingerprint density at radius 1 is 1.20 bits per heavy atom. The smallest absolute Gasteiger partial charge is 0.325 e. The molecule has 6 heteroatoms. The van der Waals surface area contributed by atoms with Crippen LogP contribution >= 0.6 is 0 Å². The first-order valence-electron chi connectivity index (χ1n) is 8.28. The third-order valence-electron chi connectivity index (χ3n) is 4.30. The van der Waals surface area contributed by atoms with Gasteiger partial charge in [0, 0.05) is 17.7 Å². The van der Waals surface area contributed by atoms with Crippen LogP contribution in [0, 0.1) is 6.92 Å². The van der Waals surface area contributed by atoms with Gasteiger partial charge in [0.1, 0.15) is 18.8 Å². The number of ether oxygens (including phenoxy) is 1. The molecule has 3 rings (SSSR count). The van der Waals surface area contributed by atoms with Gasteiger partial charge in [-0.15, -0.1) is 0 Å². The van der Waals surface area contributed by atoms with Gasteiger partial charge < -0.3 is 15.0 Å². The van der Waals surface area contributed by atoms with E-state index in [0.717, 1.165) is 24.1 Å². The Kier molecular flexibility index (Phi) is 4.97. The van der Waals surface area contributed by atoms with Gasteiger partial charge in [0.05, 0.1) is 0 Å². The van der Waals surface area contributed by atoms with Crippen LogP contribution < -0.4 is 5.32 Å². The Labute approximate surface area is 145 Å². The van der Waals surface area contributed by atoms with E-state index in [1.54, 1.807) is 6.92 Å². The van der Waals surface area contributed by atoms with E-state index in [-0.39, 0.29) is 18.9 Å². The SMILES string of the molecule is Cc1c(C(=O)NCC(=O)OCc2ccccc2)[nH]c2c1C(=O)CCC2. The van der Waals surface area contributed by atoms with Crippen molar-refractivity contribution >= 4 is 17.7 Å². The molecule has 0 radical (unpaired) electrons. The molecule has 0 spiro atoms. The van der Waals surface area contributed by atoms with E-state index in [9.17, 15) is 14.4 Å². The minimum atomic E-state index is -0.512. The summed E-state index contributed by atoms with van der Waals surface area (Å²) in [6, 6.07) is 9.32. The summed E-state index contributed by atoms with van der Waals surface area (Å²) in [6.45, 7) is 1.70. The lowest BCUT2D eigenvalue weighted by atomic mass is 9.94. The zero-order valence-corrected chi connectivity index (χ0v) is 14.1. The number of ketones is 1. The van der Waals surface area contributed by atoms with Crippen molar-refractivity contribution in [3.05, 3.63) is 58.4 Å². The van der Waals surface area contributed by atoms with Crippen LogP contribution in [0.1, 0.15) is 50.5 Å². The fourth-order valence-corrected chi connectivity index (χ4v) is 3.03. The summed E-state index contributed by atoms with van der Waals surface area (Å²) < 4.78 is 5.12. The molecule has 1 amide bonds. The highest BCUT2D eigenvalue weighted by Crippen LogP contribution is 2.26. The van der Waals surface area contributed by atoms with Crippen molar-refractivity contribution in [3.8, 4) is 0 Å². The molecule has 0 bridgehead atoms. The van der Waals surface area contributed by atoms with Crippen molar-refractivity contribution in [3.63, 3.8) is 0 Å². The Morgan fingerprint density at radius 3 is 2.68 bits per heavy atom. The number of esters is 1. The maximum Gasteiger partial charge on any atom is 0.325 e. The molecule has 1 aliphatic carbocycles. The number of H-pyrrole nitrogens is 1. The molecule has 2 aromatic rings. The molecule has 0 saturated carbocycles. The highest BCUT2D eigenvalue weighted by Gasteiger charge is 2.26. The van der Waals surface area contributed by atoms with E-state index >= 15 is 0 Å². The fourth-order valence-electron chi connectivity index (χ4n) is 3.03. The standard InChI is InChI=1S/C19H20N2O4/c1-12-17-14(8-5-9-15(17)22)21-18(12)19(24)20-10-16(23)25-11-13-6-3-2-4-7-13/h2-4,6-7,21H,5,8-11H2,1H3,(H,20,24). The summed E-state index contributed by atoms with van der Waals surface area (Å²) in [5, 5.41) is 2.54. The number of carbonyl (C=O) groups excluding carboxylic acids is 3. The lowest BCUT2D eigenvalue weighted by Crippen LogP contribution is -2.31. The third kappa shape index (κ3) is 3.79. The van der Waals surface area contributed by atoms with Crippen LogP contribution in [0.5, 0.6) is 0 Å². The van der Waals surface area contributed by atoms with Crippen molar-refractivity contribution < 1.29 is 19.1 Å². The molecule has 0 saturated heterocycles. The van der Waals surface area contributed by atoms with Crippen molar-refractivity contribution in [1.29, 1.82) is 0 Å². The molecule has 130 valence electrons. The predicted molar refractivity (Wildman–Crippen MR) is 91.4 cm³/mol. The van der Waals surface area contributed by atoms with Gasteiger partial charge in [-0.1, -0.05) is 30.3 Å². The van der Waals surface area contributed by atoms with Gasteiger partial charge in [-0.3, -0.25) is 14.4 Å². The number of fused-ring (bicyclic) bond motifs is 1. The quantitative estimate of drug-likeness (QED) is 0.818. The van der Waals surface area contributed by atoms with Crippen LogP contribution in [0.2, 0.25) is 0 Å². The molecule has 1 heterocycles. The Morgan fingerprint density at radius 2 is 1.96 bits per heavy atom. The molecule has 6 nitrogen and oxygen atoms in total. The highest BCUT2D eigenvalue weighted by atomic mass is 16.5. The summed E-state index contributed by atoms with van der Waals surface area (Å²) in [4.78, 5) is 39.1. The number of aromatic nitrogens is 1. The number of aromatic amines is 1. The number of hydrogen-bond donors (Lipinski definition) is 2. The van der Waals surface area contributed by atoms with Crippen LogP contribution in [0.3, 0.4) is 0 Å². The summed E-state index contributed by atoms with van der Waals surface area (Å²) in [5.41, 5.74) is 3.31. The van der Waals surface area contributed by atoms with E-state index in [0.29, 0.717) is 23.2 Å². The molecular formula is C19H20N2O4. The van der Waals surface area contributed by atoms with Crippen LogP contribution in [-0.2, 0) is 22.6 Å². The maximum absolute atomic E-state index is 12.3. The predicted octanol–water partition coefficient (Wildman–Crippen LogP) is 2.32. The van der Waals surface area contributed by atoms with Gasteiger partial charge in [-0.2, -0.15) is 0 Å². The molecule has 0 aliphatic heterocycles. The Bertz CT molecular complexity index is 808. The Hall–Kier alpha value is -2.89. The molecule has 0 unspecified atom stereocenters. The average Bonchev–Trinajstić information content (AvgIpc) is 2.97. The van der Waals surface area contributed by atoms with Gasteiger partial charge in [0.2, 0.25) is 0 Å². The fraction of sp³-hybridized carbons (Fsp3) is 0.316. The molecule has 25 heavy (non-hydrogen) atoms. The van der Waals surface area contributed by atoms with E-state index in [4.69, 9.17) is 4.74 Å². The molecule has 1 aliphatic rings. The normalized spacial score (nSPS) is 13.2. The van der Waals surface area contributed by atoms with Crippen LogP contribution in [0.25, 0.3) is 0 Å². The zero-order valence-electron chi connectivity index (χ0n) is 14.1. The summed E-state index contributed by atoms with van der Waals surface area (Å²) in [5.74, 6) is -0.852. The van der Waals surface area contributed by atoms with Crippen molar-refractivity contribution in [2.75, 3.05) is 6.54 Å². The third-order valence-corrected chi connectivity index (χ3v) is 4.30. The monoisotopic (exact) mass is 340 g/mol. The summed E-state index contributed by atoms with van der Waals surface area (Å²) >= 11 is 0. The first-order valence-corrected chi connectivity index (χ1v) is 8.28. The molecule has 0 fully saturated rings. The van der Waals surface area contributed by atoms with E-state index < -0.39 is 11.9 Å². The largest absolute Gasteiger partial charge is 0.460 e. The van der Waals surface area contributed by atoms with Gasteiger partial charge in [0.15, 0.2) is 5.78 Å². The molecule has 1 aromatic heterocycles. The minimum Gasteiger partial charge on any atom is -0.460 e. The first kappa shape index (κ1) is 17.0. The van der Waals surface area contributed by atoms with Gasteiger partial charge in [-0.05, 0) is 30.9 Å². The van der Waals surface area contributed by atoms with Crippen LogP contribution in [-0.4, -0.2) is 29.2 Å². The van der Waals surface area contributed by atoms with E-state index in [1.807, 2.05) is 30.3 Å². The number of aryl methyl sites for hydroxylation is 1. The number of amides is 1. The lowest BCUT2D eigenvalue weighted by Gasteiger charge is -2.09. The zero-order chi connectivity index (χ0) is 17.8. The van der Waals surface area contributed by atoms with Crippen molar-refractivity contribution in [2.45, 2.75) is 32.8 Å². The van der Waals surface area contributed by atoms with E-state index in [2.05, 4.69) is 10.3 Å². The number of nitrogens with one attached hydrogen (secondary N) is 2. The molecule has 1 aromatic carbocycles. The minimum absolute atomic E-state index is 0.0660. The lowest BCUT2D eigenvalue weighted by molar-refractivity contribution is -0.143. The average molecular weight is 340 g/mol. The second-order valence-corrected chi connectivity index (χ2v) is 6.08. The number of Topliss-reactive ketones (excluding diaryl/α,β-unsaturated/α-hetero) is 1. The van der Waals surface area contributed by atoms with Crippen molar-refractivity contribution in [1.82, 2.24) is 10.3 Å². The van der Waals surface area contributed by atoms with E-state index in [1.165, 1.54) is 0 Å². The highest BCUT2D eigenvalue weighted by molar-refractivity contribution is 6.04. The van der Waals surface area contributed by atoms with Gasteiger partial charge in [-0.25, -0.2) is 0 Å². The molecule has 0 atom stereocenters. The number of hydrogen-bond acceptors (Lipinski definition) is 4. The summed E-state index contributed by atoms with van der Waals surface area (Å²) in [7, 11) is 0. The van der Waals surface area contributed by atoms with Gasteiger partial charge in [0.25, 0.3) is 5.91 Å². The first-order chi connectivity index (χ1) is 12.1. The van der Waals surface area contributed by atoms with Crippen LogP contribution in [0.15, 0.2) is 30.3 Å². The van der Waals surface area contributed by atoms with Crippen molar-refractivity contribution in [2.24, 2.45) is 0 Å². The Balaban J connectivity index is 1.56. The molecular weight excluding hydrogens is 320 g/mol. The number of rotatable bonds is 5. The second kappa shape index (κ2) is 7.34. The van der Waals surface area contributed by atoms with Crippen LogP contribution in [0.4, 0.5) is 0 Å².